The Labute approximate surface area is 323 Å². The van der Waals surface area contributed by atoms with Crippen LogP contribution in [0, 0.1) is 5.41 Å². The van der Waals surface area contributed by atoms with Crippen molar-refractivity contribution < 1.29 is 20.1 Å². The van der Waals surface area contributed by atoms with Crippen molar-refractivity contribution in [1.82, 2.24) is 10.3 Å². The topological polar surface area (TPSA) is 106 Å². The Hall–Kier alpha value is -3.98. The zero-order valence-corrected chi connectivity index (χ0v) is 32.5. The number of carboxylic acids is 1. The zero-order chi connectivity index (χ0) is 38.0. The van der Waals surface area contributed by atoms with Gasteiger partial charge in [-0.25, -0.2) is 4.98 Å². The van der Waals surface area contributed by atoms with Crippen LogP contribution in [-0.2, 0) is 16.8 Å². The van der Waals surface area contributed by atoms with Gasteiger partial charge in [0.1, 0.15) is 6.23 Å². The van der Waals surface area contributed by atoms with Gasteiger partial charge in [0.15, 0.2) is 0 Å². The second-order valence-electron chi connectivity index (χ2n) is 14.6. The number of rotatable bonds is 15. The Morgan fingerprint density at radius 2 is 1.66 bits per heavy atom. The number of pyridine rings is 1. The van der Waals surface area contributed by atoms with Gasteiger partial charge in [0.25, 0.3) is 0 Å². The fourth-order valence-electron chi connectivity index (χ4n) is 6.53. The number of likely N-dealkylation sites (N-methyl/N-ethyl adjacent to an activating group) is 1. The van der Waals surface area contributed by atoms with Gasteiger partial charge in [0, 0.05) is 27.5 Å². The first kappa shape index (κ1) is 40.2. The number of benzene rings is 4. The van der Waals surface area contributed by atoms with Gasteiger partial charge >= 0.3 is 0 Å². The fourth-order valence-corrected chi connectivity index (χ4v) is 8.27. The van der Waals surface area contributed by atoms with E-state index < -0.39 is 17.8 Å². The molecule has 0 aliphatic heterocycles. The lowest BCUT2D eigenvalue weighted by Crippen LogP contribution is -2.29. The molecule has 1 saturated carbocycles. The molecule has 3 atom stereocenters. The number of halogens is 1. The number of aryl methyl sites for hydroxylation is 1. The molecule has 1 heterocycles. The summed E-state index contributed by atoms with van der Waals surface area (Å²) in [6.07, 6.45) is 7.32. The second kappa shape index (κ2) is 18.4. The minimum Gasteiger partial charge on any atom is -0.550 e. The van der Waals surface area contributed by atoms with Crippen molar-refractivity contribution in [3.05, 3.63) is 148 Å². The molecule has 1 aliphatic carbocycles. The third-order valence-electron chi connectivity index (χ3n) is 9.92. The van der Waals surface area contributed by atoms with Gasteiger partial charge < -0.3 is 20.1 Å². The van der Waals surface area contributed by atoms with Crippen molar-refractivity contribution in [3.63, 3.8) is 0 Å². The predicted octanol–water partition coefficient (Wildman–Crippen LogP) is 8.94. The molecule has 1 aliphatic rings. The van der Waals surface area contributed by atoms with Crippen molar-refractivity contribution in [2.45, 2.75) is 75.9 Å². The minimum atomic E-state index is -0.963. The van der Waals surface area contributed by atoms with Crippen molar-refractivity contribution in [1.29, 1.82) is 0 Å². The molecule has 0 saturated heterocycles. The maximum atomic E-state index is 11.4. The normalized spacial score (nSPS) is 15.4. The molecule has 1 aromatic heterocycles. The third kappa shape index (κ3) is 11.8. The maximum Gasteiger partial charge on any atom is 0.111 e. The summed E-state index contributed by atoms with van der Waals surface area (Å²) in [7, 11) is 1.75. The molecule has 5 aromatic rings. The highest BCUT2D eigenvalue weighted by Crippen LogP contribution is 2.53. The molecule has 278 valence electrons. The lowest BCUT2D eigenvalue weighted by molar-refractivity contribution is -0.307. The number of aliphatic hydroxyl groups excluding tert-OH is 1. The van der Waals surface area contributed by atoms with Crippen molar-refractivity contribution in [2.75, 3.05) is 12.8 Å². The molecular formula is C45H50ClN2O4S-. The number of carbonyl (C=O) groups excluding carboxylic acids is 1. The third-order valence-corrected chi connectivity index (χ3v) is 11.8. The van der Waals surface area contributed by atoms with E-state index in [4.69, 9.17) is 16.6 Å². The van der Waals surface area contributed by atoms with Crippen LogP contribution in [-0.4, -0.2) is 40.2 Å². The van der Waals surface area contributed by atoms with Crippen molar-refractivity contribution in [2.24, 2.45) is 5.41 Å². The number of fused-ring (bicyclic) bond motifs is 1. The Balaban J connectivity index is 0.000000384. The number of aliphatic carboxylic acids is 1. The van der Waals surface area contributed by atoms with Crippen molar-refractivity contribution >= 4 is 52.4 Å². The van der Waals surface area contributed by atoms with Crippen LogP contribution in [0.4, 0.5) is 0 Å². The molecule has 6 nitrogen and oxygen atoms in total. The van der Waals surface area contributed by atoms with E-state index in [1.807, 2.05) is 117 Å². The fraction of sp³-hybridized carbons (Fsp3) is 0.333. The van der Waals surface area contributed by atoms with E-state index in [1.165, 1.54) is 5.56 Å². The molecule has 8 heteroatoms. The second-order valence-corrected chi connectivity index (χ2v) is 16.2. The number of aromatic nitrogens is 1. The lowest BCUT2D eigenvalue weighted by atomic mass is 9.90. The molecule has 0 bridgehead atoms. The van der Waals surface area contributed by atoms with E-state index in [9.17, 15) is 20.1 Å². The number of hydrogen-bond donors (Lipinski definition) is 3. The lowest BCUT2D eigenvalue weighted by Gasteiger charge is -2.24. The molecule has 6 rings (SSSR count). The SMILES string of the molecule is CC(C)(O)c1ccccc1CC[C@@H](SCC1(CC(=O)[O-])CC1)c1cccc(/C=C/c2ccc3ccc(Cl)cc3n2)c1.CN[C@H](O)[C@@H](C)c1ccccc1. The molecule has 4 aromatic carbocycles. The zero-order valence-electron chi connectivity index (χ0n) is 31.0. The standard InChI is InChI=1S/C35H36ClNO3S.C10H15NO/c1-34(2,40)30-9-4-3-7-25(30)13-17-32(41-23-35(18-19-35)22-33(38)39)27-8-5-6-24(20-27)10-15-29-16-12-26-11-14-28(36)21-31(26)37-29;1-8(10(12)11-2)9-6-4-3-5-7-9/h3-12,14-16,20-21,32,40H,13,17-19,22-23H2,1-2H3,(H,38,39);3-8,10-12H,1-2H3/p-1/b15-10+;/t32-;8-,10+/m10/s1. The van der Waals surface area contributed by atoms with Crippen LogP contribution in [0.3, 0.4) is 0 Å². The van der Waals surface area contributed by atoms with Crippen LogP contribution in [0.2, 0.25) is 5.02 Å². The number of nitrogens with zero attached hydrogens (tertiary/aromatic N) is 1. The van der Waals surface area contributed by atoms with Gasteiger partial charge in [0.2, 0.25) is 0 Å². The van der Waals surface area contributed by atoms with Gasteiger partial charge in [-0.15, -0.1) is 0 Å². The Morgan fingerprint density at radius 1 is 0.962 bits per heavy atom. The first-order valence-corrected chi connectivity index (χ1v) is 19.7. The number of aliphatic hydroxyl groups is 2. The van der Waals surface area contributed by atoms with E-state index >= 15 is 0 Å². The number of carboxylic acid groups (broad SMARTS) is 1. The molecule has 0 amide bonds. The van der Waals surface area contributed by atoms with Crippen LogP contribution < -0.4 is 10.4 Å². The highest BCUT2D eigenvalue weighted by molar-refractivity contribution is 7.99. The summed E-state index contributed by atoms with van der Waals surface area (Å²) >= 11 is 8.01. The Bertz CT molecular complexity index is 1990. The summed E-state index contributed by atoms with van der Waals surface area (Å²) in [6.45, 7) is 5.64. The number of hydrogen-bond acceptors (Lipinski definition) is 7. The average Bonchev–Trinajstić information content (AvgIpc) is 3.92. The summed E-state index contributed by atoms with van der Waals surface area (Å²) in [4.78, 5) is 16.1. The number of carbonyl (C=O) groups is 1. The predicted molar refractivity (Wildman–Crippen MR) is 219 cm³/mol. The van der Waals surface area contributed by atoms with Crippen LogP contribution in [0.25, 0.3) is 23.1 Å². The Kier molecular flexibility index (Phi) is 13.9. The number of nitrogens with one attached hydrogen (secondary N) is 1. The monoisotopic (exact) mass is 749 g/mol. The molecule has 0 spiro atoms. The highest BCUT2D eigenvalue weighted by atomic mass is 35.5. The first-order chi connectivity index (χ1) is 25.4. The quantitative estimate of drug-likeness (QED) is 0.0919. The van der Waals surface area contributed by atoms with Crippen LogP contribution in [0.15, 0.2) is 109 Å². The minimum absolute atomic E-state index is 0.126. The molecule has 3 N–H and O–H groups in total. The first-order valence-electron chi connectivity index (χ1n) is 18.2. The van der Waals surface area contributed by atoms with Gasteiger partial charge in [-0.2, -0.15) is 11.8 Å². The van der Waals surface area contributed by atoms with Crippen LogP contribution in [0.5, 0.6) is 0 Å². The molecule has 1 fully saturated rings. The van der Waals surface area contributed by atoms with Crippen LogP contribution >= 0.6 is 23.4 Å². The molecular weight excluding hydrogens is 700 g/mol. The van der Waals surface area contributed by atoms with Crippen LogP contribution in [0.1, 0.15) is 91.1 Å². The molecule has 53 heavy (non-hydrogen) atoms. The summed E-state index contributed by atoms with van der Waals surface area (Å²) in [6, 6.07) is 36.4. The van der Waals surface area contributed by atoms with Crippen molar-refractivity contribution in [3.8, 4) is 0 Å². The van der Waals surface area contributed by atoms with E-state index in [2.05, 4.69) is 41.7 Å². The van der Waals surface area contributed by atoms with E-state index in [0.717, 1.165) is 70.3 Å². The molecule has 0 unspecified atom stereocenters. The smallest absolute Gasteiger partial charge is 0.111 e. The van der Waals surface area contributed by atoms with Gasteiger partial charge in [-0.05, 0) is 116 Å². The summed E-state index contributed by atoms with van der Waals surface area (Å²) in [5.74, 6) is -0.0331. The van der Waals surface area contributed by atoms with Gasteiger partial charge in [0.05, 0.1) is 16.8 Å². The highest BCUT2D eigenvalue weighted by Gasteiger charge is 2.42. The largest absolute Gasteiger partial charge is 0.550 e. The molecule has 0 radical (unpaired) electrons. The summed E-state index contributed by atoms with van der Waals surface area (Å²) in [5.41, 5.74) is 6.18. The average molecular weight is 750 g/mol. The van der Waals surface area contributed by atoms with E-state index in [0.29, 0.717) is 5.02 Å². The summed E-state index contributed by atoms with van der Waals surface area (Å²) < 4.78 is 0. The van der Waals surface area contributed by atoms with Gasteiger partial charge in [-0.3, -0.25) is 5.32 Å². The maximum absolute atomic E-state index is 11.4. The number of thioether (sulfide) groups is 1. The Morgan fingerprint density at radius 3 is 2.36 bits per heavy atom. The summed E-state index contributed by atoms with van der Waals surface area (Å²) in [5, 5.41) is 36.3. The van der Waals surface area contributed by atoms with E-state index in [-0.39, 0.29) is 23.0 Å². The van der Waals surface area contributed by atoms with Gasteiger partial charge in [-0.1, -0.05) is 116 Å². The van der Waals surface area contributed by atoms with E-state index in [1.54, 1.807) is 7.05 Å².